The van der Waals surface area contributed by atoms with Gasteiger partial charge in [-0.25, -0.2) is 4.79 Å². The molecule has 0 aliphatic heterocycles. The van der Waals surface area contributed by atoms with Crippen LogP contribution in [0.1, 0.15) is 5.56 Å². The number of hydrogen-bond acceptors (Lipinski definition) is 3. The Balaban J connectivity index is 1.77. The van der Waals surface area contributed by atoms with Gasteiger partial charge in [0, 0.05) is 12.2 Å². The lowest BCUT2D eigenvalue weighted by Gasteiger charge is -2.08. The molecule has 0 spiro atoms. The van der Waals surface area contributed by atoms with E-state index in [1.54, 1.807) is 19.2 Å². The summed E-state index contributed by atoms with van der Waals surface area (Å²) in [5, 5.41) is 14.6. The summed E-state index contributed by atoms with van der Waals surface area (Å²) in [5.74, 6) is 0.972. The van der Waals surface area contributed by atoms with Crippen LogP contribution < -0.4 is 15.4 Å². The third-order valence-electron chi connectivity index (χ3n) is 2.96. The number of amides is 2. The molecule has 0 aliphatic rings. The van der Waals surface area contributed by atoms with Crippen LogP contribution in [0.3, 0.4) is 0 Å². The Hall–Kier alpha value is -2.69. The lowest BCUT2D eigenvalue weighted by Crippen LogP contribution is -2.30. The fourth-order valence-corrected chi connectivity index (χ4v) is 1.87. The van der Waals surface area contributed by atoms with Gasteiger partial charge in [0.2, 0.25) is 0 Å². The van der Waals surface area contributed by atoms with Crippen LogP contribution in [0.2, 0.25) is 0 Å². The van der Waals surface area contributed by atoms with E-state index in [-0.39, 0.29) is 11.8 Å². The number of phenolic OH excluding ortho intramolecular Hbond substituents is 1. The summed E-state index contributed by atoms with van der Waals surface area (Å²) in [5.41, 5.74) is 1.73. The van der Waals surface area contributed by atoms with Gasteiger partial charge in [-0.1, -0.05) is 12.1 Å². The highest BCUT2D eigenvalue weighted by atomic mass is 16.5. The fourth-order valence-electron chi connectivity index (χ4n) is 1.87. The van der Waals surface area contributed by atoms with Crippen molar-refractivity contribution in [3.8, 4) is 11.5 Å². The topological polar surface area (TPSA) is 70.6 Å². The molecule has 0 bridgehead atoms. The van der Waals surface area contributed by atoms with Gasteiger partial charge in [0.05, 0.1) is 7.11 Å². The van der Waals surface area contributed by atoms with E-state index in [0.29, 0.717) is 12.2 Å². The van der Waals surface area contributed by atoms with E-state index >= 15 is 0 Å². The molecule has 0 fully saturated rings. The summed E-state index contributed by atoms with van der Waals surface area (Å²) in [6.45, 7) is 0.525. The number of benzene rings is 2. The van der Waals surface area contributed by atoms with Gasteiger partial charge < -0.3 is 20.5 Å². The van der Waals surface area contributed by atoms with Gasteiger partial charge in [0.15, 0.2) is 0 Å². The van der Waals surface area contributed by atoms with Crippen LogP contribution >= 0.6 is 0 Å². The number of carbonyl (C=O) groups excluding carboxylic acids is 1. The number of hydrogen-bond donors (Lipinski definition) is 3. The first-order valence-corrected chi connectivity index (χ1v) is 6.64. The number of nitrogens with one attached hydrogen (secondary N) is 2. The molecule has 0 saturated carbocycles. The number of ether oxygens (including phenoxy) is 1. The van der Waals surface area contributed by atoms with Gasteiger partial charge in [-0.15, -0.1) is 0 Å². The number of urea groups is 1. The van der Waals surface area contributed by atoms with Crippen LogP contribution in [-0.2, 0) is 6.42 Å². The molecule has 2 amide bonds. The number of anilines is 1. The number of phenols is 1. The number of carbonyl (C=O) groups is 1. The van der Waals surface area contributed by atoms with Gasteiger partial charge in [-0.3, -0.25) is 0 Å². The Morgan fingerprint density at radius 1 is 1.19 bits per heavy atom. The molecule has 2 aromatic carbocycles. The molecule has 0 saturated heterocycles. The monoisotopic (exact) mass is 286 g/mol. The van der Waals surface area contributed by atoms with E-state index < -0.39 is 0 Å². The summed E-state index contributed by atoms with van der Waals surface area (Å²) in [4.78, 5) is 11.7. The maximum atomic E-state index is 11.7. The number of rotatable bonds is 5. The van der Waals surface area contributed by atoms with Crippen molar-refractivity contribution in [2.45, 2.75) is 6.42 Å². The minimum atomic E-state index is -0.274. The maximum absolute atomic E-state index is 11.7. The fraction of sp³-hybridized carbons (Fsp3) is 0.188. The quantitative estimate of drug-likeness (QED) is 0.740. The standard InChI is InChI=1S/C16H18N2O3/c1-21-15-4-2-3-12(11-15)9-10-17-16(20)18-13-5-7-14(19)8-6-13/h2-8,11,19H,9-10H2,1H3,(H2,17,18,20). The van der Waals surface area contributed by atoms with Crippen LogP contribution in [0.5, 0.6) is 11.5 Å². The number of methoxy groups -OCH3 is 1. The minimum absolute atomic E-state index is 0.166. The predicted octanol–water partition coefficient (Wildman–Crippen LogP) is 2.77. The van der Waals surface area contributed by atoms with Crippen molar-refractivity contribution in [3.63, 3.8) is 0 Å². The van der Waals surface area contributed by atoms with Gasteiger partial charge in [-0.2, -0.15) is 0 Å². The molecule has 2 rings (SSSR count). The van der Waals surface area contributed by atoms with Crippen molar-refractivity contribution in [1.29, 1.82) is 0 Å². The Morgan fingerprint density at radius 3 is 2.67 bits per heavy atom. The van der Waals surface area contributed by atoms with E-state index in [1.807, 2.05) is 24.3 Å². The second-order valence-electron chi connectivity index (χ2n) is 4.53. The molecule has 5 heteroatoms. The highest BCUT2D eigenvalue weighted by molar-refractivity contribution is 5.89. The van der Waals surface area contributed by atoms with Crippen molar-refractivity contribution >= 4 is 11.7 Å². The Kier molecular flexibility index (Phi) is 5.04. The average molecular weight is 286 g/mol. The highest BCUT2D eigenvalue weighted by Crippen LogP contribution is 2.14. The third-order valence-corrected chi connectivity index (χ3v) is 2.96. The Labute approximate surface area is 123 Å². The lowest BCUT2D eigenvalue weighted by atomic mass is 10.1. The van der Waals surface area contributed by atoms with E-state index in [0.717, 1.165) is 17.7 Å². The zero-order valence-electron chi connectivity index (χ0n) is 11.8. The van der Waals surface area contributed by atoms with Gasteiger partial charge >= 0.3 is 6.03 Å². The van der Waals surface area contributed by atoms with Crippen molar-refractivity contribution in [2.24, 2.45) is 0 Å². The smallest absolute Gasteiger partial charge is 0.319 e. The highest BCUT2D eigenvalue weighted by Gasteiger charge is 2.02. The molecule has 21 heavy (non-hydrogen) atoms. The van der Waals surface area contributed by atoms with Crippen molar-refractivity contribution in [1.82, 2.24) is 5.32 Å². The van der Waals surface area contributed by atoms with E-state index in [2.05, 4.69) is 10.6 Å². The second-order valence-corrected chi connectivity index (χ2v) is 4.53. The molecule has 0 heterocycles. The van der Waals surface area contributed by atoms with Crippen LogP contribution in [0, 0.1) is 0 Å². The molecule has 0 aliphatic carbocycles. The minimum Gasteiger partial charge on any atom is -0.508 e. The molecule has 5 nitrogen and oxygen atoms in total. The van der Waals surface area contributed by atoms with Crippen LogP contribution in [-0.4, -0.2) is 24.8 Å². The molecule has 3 N–H and O–H groups in total. The molecule has 0 atom stereocenters. The molecular formula is C16H18N2O3. The van der Waals surface area contributed by atoms with Crippen LogP contribution in [0.25, 0.3) is 0 Å². The summed E-state index contributed by atoms with van der Waals surface area (Å²) in [7, 11) is 1.63. The van der Waals surface area contributed by atoms with Gasteiger partial charge in [0.25, 0.3) is 0 Å². The van der Waals surface area contributed by atoms with Crippen LogP contribution in [0.4, 0.5) is 10.5 Å². The maximum Gasteiger partial charge on any atom is 0.319 e. The zero-order chi connectivity index (χ0) is 15.1. The molecule has 0 aromatic heterocycles. The lowest BCUT2D eigenvalue weighted by molar-refractivity contribution is 0.252. The van der Waals surface area contributed by atoms with Gasteiger partial charge in [-0.05, 0) is 48.4 Å². The first-order chi connectivity index (χ1) is 10.2. The van der Waals surface area contributed by atoms with Crippen LogP contribution in [0.15, 0.2) is 48.5 Å². The largest absolute Gasteiger partial charge is 0.508 e. The summed E-state index contributed by atoms with van der Waals surface area (Å²) >= 11 is 0. The van der Waals surface area contributed by atoms with E-state index in [9.17, 15) is 4.79 Å². The molecular weight excluding hydrogens is 268 g/mol. The normalized spacial score (nSPS) is 9.95. The summed E-state index contributed by atoms with van der Waals surface area (Å²) < 4.78 is 5.15. The summed E-state index contributed by atoms with van der Waals surface area (Å²) in [6, 6.07) is 13.8. The van der Waals surface area contributed by atoms with Crippen molar-refractivity contribution < 1.29 is 14.6 Å². The predicted molar refractivity (Wildman–Crippen MR) is 81.8 cm³/mol. The third kappa shape index (κ3) is 4.72. The van der Waals surface area contributed by atoms with E-state index in [1.165, 1.54) is 12.1 Å². The second kappa shape index (κ2) is 7.19. The van der Waals surface area contributed by atoms with Gasteiger partial charge in [0.1, 0.15) is 11.5 Å². The SMILES string of the molecule is COc1cccc(CCNC(=O)Nc2ccc(O)cc2)c1. The van der Waals surface area contributed by atoms with Crippen molar-refractivity contribution in [2.75, 3.05) is 19.0 Å². The molecule has 110 valence electrons. The first kappa shape index (κ1) is 14.7. The van der Waals surface area contributed by atoms with E-state index in [4.69, 9.17) is 9.84 Å². The molecule has 0 radical (unpaired) electrons. The zero-order valence-corrected chi connectivity index (χ0v) is 11.8. The Morgan fingerprint density at radius 2 is 1.95 bits per heavy atom. The Bertz CT molecular complexity index is 597. The first-order valence-electron chi connectivity index (χ1n) is 6.64. The molecule has 0 unspecified atom stereocenters. The molecule has 2 aromatic rings. The summed E-state index contributed by atoms with van der Waals surface area (Å²) in [6.07, 6.45) is 0.722. The van der Waals surface area contributed by atoms with Crippen molar-refractivity contribution in [3.05, 3.63) is 54.1 Å². The average Bonchev–Trinajstić information content (AvgIpc) is 2.50. The number of aromatic hydroxyl groups is 1.